The number of nitrogens with two attached hydrogens (primary N) is 1. The molecule has 188 valence electrons. The van der Waals surface area contributed by atoms with Crippen LogP contribution in [0.25, 0.3) is 0 Å². The van der Waals surface area contributed by atoms with E-state index in [-0.39, 0.29) is 5.91 Å². The number of hydrogen-bond donors (Lipinski definition) is 2. The van der Waals surface area contributed by atoms with Gasteiger partial charge in [0.1, 0.15) is 5.75 Å². The predicted molar refractivity (Wildman–Crippen MR) is 133 cm³/mol. The molecule has 4 atom stereocenters. The highest BCUT2D eigenvalue weighted by Gasteiger charge is 2.42. The van der Waals surface area contributed by atoms with Gasteiger partial charge in [0.15, 0.2) is 9.84 Å². The summed E-state index contributed by atoms with van der Waals surface area (Å²) < 4.78 is 23.8. The number of carbonyl (C=O) groups excluding carboxylic acids is 2. The van der Waals surface area contributed by atoms with E-state index in [0.717, 1.165) is 50.3 Å². The lowest BCUT2D eigenvalue weighted by Crippen LogP contribution is -2.47. The molecule has 3 N–H and O–H groups in total. The Morgan fingerprint density at radius 1 is 1.12 bits per heavy atom. The maximum atomic E-state index is 13.0. The summed E-state index contributed by atoms with van der Waals surface area (Å²) in [7, 11) is -3.38. The van der Waals surface area contributed by atoms with E-state index in [1.807, 2.05) is 17.0 Å². The summed E-state index contributed by atoms with van der Waals surface area (Å²) in [4.78, 5) is 26.6. The van der Waals surface area contributed by atoms with Crippen LogP contribution in [0, 0.1) is 11.8 Å². The quantitative estimate of drug-likeness (QED) is 0.554. The molecule has 34 heavy (non-hydrogen) atoms. The molecule has 2 amide bonds. The van der Waals surface area contributed by atoms with Crippen molar-refractivity contribution in [1.29, 1.82) is 0 Å². The van der Waals surface area contributed by atoms with Crippen molar-refractivity contribution in [2.75, 3.05) is 25.1 Å². The molecule has 4 rings (SSSR count). The van der Waals surface area contributed by atoms with Crippen LogP contribution in [0.3, 0.4) is 0 Å². The van der Waals surface area contributed by atoms with Crippen molar-refractivity contribution in [2.45, 2.75) is 75.8 Å². The lowest BCUT2D eigenvalue weighted by atomic mass is 9.75. The first-order valence-corrected chi connectivity index (χ1v) is 14.9. The van der Waals surface area contributed by atoms with Crippen LogP contribution in [-0.4, -0.2) is 62.3 Å². The molecule has 2 bridgehead atoms. The monoisotopic (exact) mass is 489 g/mol. The molecular formula is C26H39N3O4S. The summed E-state index contributed by atoms with van der Waals surface area (Å²) in [5, 5.41) is 3.76. The zero-order chi connectivity index (χ0) is 24.3. The van der Waals surface area contributed by atoms with Gasteiger partial charge in [0.25, 0.3) is 0 Å². The molecule has 7 nitrogen and oxygen atoms in total. The Bertz CT molecular complexity index is 990. The molecule has 0 aromatic heterocycles. The first-order chi connectivity index (χ1) is 16.2. The minimum Gasteiger partial charge on any atom is -0.366 e. The molecule has 8 heteroatoms. The summed E-state index contributed by atoms with van der Waals surface area (Å²) in [6, 6.07) is 8.53. The number of nitrogens with zero attached hydrogens (tertiary/aromatic N) is 1. The molecule has 3 fully saturated rings. The molecular weight excluding hydrogens is 450 g/mol. The fourth-order valence-electron chi connectivity index (χ4n) is 6.46. The number of piperidine rings is 1. The topological polar surface area (TPSA) is 110 Å². The molecule has 2 aliphatic heterocycles. The van der Waals surface area contributed by atoms with Crippen molar-refractivity contribution in [3.8, 4) is 0 Å². The smallest absolute Gasteiger partial charge is 0.248 e. The van der Waals surface area contributed by atoms with Crippen LogP contribution >= 0.6 is 0 Å². The van der Waals surface area contributed by atoms with E-state index in [2.05, 4.69) is 11.4 Å². The fourth-order valence-corrected chi connectivity index (χ4v) is 7.09. The number of carbonyl (C=O) groups is 2. The number of benzene rings is 1. The lowest BCUT2D eigenvalue weighted by Gasteiger charge is -2.39. The van der Waals surface area contributed by atoms with Gasteiger partial charge in [-0.1, -0.05) is 31.4 Å². The third-order valence-electron chi connectivity index (χ3n) is 8.12. The lowest BCUT2D eigenvalue weighted by molar-refractivity contribution is -0.129. The van der Waals surface area contributed by atoms with Crippen LogP contribution in [0.4, 0.5) is 0 Å². The van der Waals surface area contributed by atoms with Crippen molar-refractivity contribution >= 4 is 21.7 Å². The molecule has 3 aliphatic rings. The maximum Gasteiger partial charge on any atom is 0.248 e. The van der Waals surface area contributed by atoms with Crippen molar-refractivity contribution < 1.29 is 18.0 Å². The van der Waals surface area contributed by atoms with Crippen molar-refractivity contribution in [3.05, 3.63) is 35.4 Å². The number of rotatable bonds is 9. The van der Waals surface area contributed by atoms with E-state index in [4.69, 9.17) is 5.73 Å². The van der Waals surface area contributed by atoms with Gasteiger partial charge in [0.2, 0.25) is 11.8 Å². The third-order valence-corrected chi connectivity index (χ3v) is 8.89. The standard InChI is InChI=1S/C26H39N3O4S/c1-34(32,33)17-25(30)29(16-18-6-3-2-4-7-18)13-12-22-23(15-21-10-11-24(22)28-21)19-8-5-9-20(14-19)26(27)31/h5,8-9,14,18,21-24,28H,2-4,6-7,10-13,15-17H2,1H3,(H2,27,31). The fraction of sp³-hybridized carbons (Fsp3) is 0.692. The van der Waals surface area contributed by atoms with Crippen LogP contribution < -0.4 is 11.1 Å². The highest BCUT2D eigenvalue weighted by Crippen LogP contribution is 2.43. The third kappa shape index (κ3) is 6.39. The van der Waals surface area contributed by atoms with E-state index < -0.39 is 21.5 Å². The van der Waals surface area contributed by atoms with Crippen LogP contribution in [0.15, 0.2) is 24.3 Å². The summed E-state index contributed by atoms with van der Waals surface area (Å²) in [6.07, 6.45) is 11.1. The molecule has 1 aromatic carbocycles. The molecule has 2 heterocycles. The van der Waals surface area contributed by atoms with Crippen LogP contribution in [-0.2, 0) is 14.6 Å². The van der Waals surface area contributed by atoms with E-state index in [1.54, 1.807) is 6.07 Å². The number of amides is 2. The summed E-state index contributed by atoms with van der Waals surface area (Å²) in [5.74, 6) is -0.0335. The molecule has 4 unspecified atom stereocenters. The van der Waals surface area contributed by atoms with Crippen LogP contribution in [0.1, 0.15) is 79.6 Å². The Labute approximate surface area is 203 Å². The highest BCUT2D eigenvalue weighted by atomic mass is 32.2. The van der Waals surface area contributed by atoms with Gasteiger partial charge in [-0.05, 0) is 74.0 Å². The van der Waals surface area contributed by atoms with Crippen molar-refractivity contribution in [2.24, 2.45) is 17.6 Å². The molecule has 0 spiro atoms. The molecule has 2 saturated heterocycles. The number of primary amides is 1. The van der Waals surface area contributed by atoms with Gasteiger partial charge in [-0.3, -0.25) is 9.59 Å². The second kappa shape index (κ2) is 10.8. The first kappa shape index (κ1) is 25.2. The van der Waals surface area contributed by atoms with Gasteiger partial charge in [0, 0.05) is 37.0 Å². The predicted octanol–water partition coefficient (Wildman–Crippen LogP) is 2.85. The SMILES string of the molecule is CS(=O)(=O)CC(=O)N(CCC1C2CCC(CC1c1cccc(C(N)=O)c1)N2)CC1CCCCC1. The molecule has 1 aliphatic carbocycles. The van der Waals surface area contributed by atoms with Gasteiger partial charge in [-0.2, -0.15) is 0 Å². The Morgan fingerprint density at radius 2 is 1.88 bits per heavy atom. The average molecular weight is 490 g/mol. The Kier molecular flexibility index (Phi) is 7.97. The van der Waals surface area contributed by atoms with Crippen LogP contribution in [0.2, 0.25) is 0 Å². The molecule has 0 radical (unpaired) electrons. The normalized spacial score (nSPS) is 27.4. The van der Waals surface area contributed by atoms with Gasteiger partial charge in [-0.25, -0.2) is 8.42 Å². The maximum absolute atomic E-state index is 13.0. The minimum atomic E-state index is -3.38. The summed E-state index contributed by atoms with van der Waals surface area (Å²) in [5.41, 5.74) is 7.21. The minimum absolute atomic E-state index is 0.270. The van der Waals surface area contributed by atoms with Gasteiger partial charge in [0.05, 0.1) is 0 Å². The van der Waals surface area contributed by atoms with Crippen molar-refractivity contribution in [3.63, 3.8) is 0 Å². The first-order valence-electron chi connectivity index (χ1n) is 12.8. The average Bonchev–Trinajstić information content (AvgIpc) is 3.18. The number of sulfone groups is 1. The Hall–Kier alpha value is -1.93. The largest absolute Gasteiger partial charge is 0.366 e. The summed E-state index contributed by atoms with van der Waals surface area (Å²) in [6.45, 7) is 1.23. The van der Waals surface area contributed by atoms with Crippen LogP contribution in [0.5, 0.6) is 0 Å². The Balaban J connectivity index is 1.51. The summed E-state index contributed by atoms with van der Waals surface area (Å²) >= 11 is 0. The second-order valence-electron chi connectivity index (χ2n) is 10.7. The molecule has 1 aromatic rings. The zero-order valence-electron chi connectivity index (χ0n) is 20.2. The van der Waals surface area contributed by atoms with E-state index in [1.165, 1.54) is 19.3 Å². The molecule has 1 saturated carbocycles. The van der Waals surface area contributed by atoms with E-state index in [0.29, 0.717) is 48.5 Å². The van der Waals surface area contributed by atoms with E-state index >= 15 is 0 Å². The van der Waals surface area contributed by atoms with Gasteiger partial charge >= 0.3 is 0 Å². The Morgan fingerprint density at radius 3 is 2.59 bits per heavy atom. The number of nitrogens with one attached hydrogen (secondary N) is 1. The van der Waals surface area contributed by atoms with Gasteiger partial charge < -0.3 is 16.0 Å². The van der Waals surface area contributed by atoms with E-state index in [9.17, 15) is 18.0 Å². The highest BCUT2D eigenvalue weighted by molar-refractivity contribution is 7.91. The number of hydrogen-bond acceptors (Lipinski definition) is 5. The zero-order valence-corrected chi connectivity index (χ0v) is 21.1. The van der Waals surface area contributed by atoms with Gasteiger partial charge in [-0.15, -0.1) is 0 Å². The van der Waals surface area contributed by atoms with Crippen molar-refractivity contribution in [1.82, 2.24) is 10.2 Å². The second-order valence-corrected chi connectivity index (χ2v) is 12.9. The number of fused-ring (bicyclic) bond motifs is 2.